The Morgan fingerprint density at radius 3 is 2.41 bits per heavy atom. The van der Waals surface area contributed by atoms with Crippen molar-refractivity contribution >= 4 is 5.69 Å². The molecule has 0 amide bonds. The molecular formula is C23H30N2O2. The van der Waals surface area contributed by atoms with Crippen molar-refractivity contribution in [1.29, 1.82) is 0 Å². The molecule has 1 aliphatic heterocycles. The lowest BCUT2D eigenvalue weighted by Gasteiger charge is -2.38. The van der Waals surface area contributed by atoms with Gasteiger partial charge in [-0.2, -0.15) is 0 Å². The highest BCUT2D eigenvalue weighted by atomic mass is 16.5. The van der Waals surface area contributed by atoms with Crippen LogP contribution in [0, 0.1) is 0 Å². The van der Waals surface area contributed by atoms with Crippen molar-refractivity contribution in [2.75, 3.05) is 38.2 Å². The summed E-state index contributed by atoms with van der Waals surface area (Å²) in [6.45, 7) is 9.07. The average molecular weight is 367 g/mol. The van der Waals surface area contributed by atoms with E-state index in [-0.39, 0.29) is 0 Å². The molecule has 0 atom stereocenters. The van der Waals surface area contributed by atoms with E-state index in [4.69, 9.17) is 9.47 Å². The molecule has 1 aliphatic rings. The minimum Gasteiger partial charge on any atom is -0.493 e. The molecular weight excluding hydrogens is 336 g/mol. The summed E-state index contributed by atoms with van der Waals surface area (Å²) >= 11 is 0. The third-order valence-electron chi connectivity index (χ3n) is 5.03. The summed E-state index contributed by atoms with van der Waals surface area (Å²) in [6.07, 6.45) is 3.39. The number of rotatable bonds is 7. The lowest BCUT2D eigenvalue weighted by molar-refractivity contribution is 0.284. The maximum Gasteiger partial charge on any atom is 0.162 e. The van der Waals surface area contributed by atoms with E-state index in [9.17, 15) is 0 Å². The van der Waals surface area contributed by atoms with Crippen molar-refractivity contribution in [2.45, 2.75) is 26.9 Å². The maximum atomic E-state index is 5.97. The molecule has 0 saturated carbocycles. The topological polar surface area (TPSA) is 24.9 Å². The first kappa shape index (κ1) is 19.2. The van der Waals surface area contributed by atoms with Crippen molar-refractivity contribution in [1.82, 2.24) is 4.90 Å². The molecule has 0 spiro atoms. The Morgan fingerprint density at radius 2 is 1.74 bits per heavy atom. The van der Waals surface area contributed by atoms with Gasteiger partial charge in [-0.25, -0.2) is 0 Å². The Balaban J connectivity index is 1.63. The van der Waals surface area contributed by atoms with E-state index in [1.165, 1.54) is 11.4 Å². The summed E-state index contributed by atoms with van der Waals surface area (Å²) in [5.74, 6) is 1.57. The maximum absolute atomic E-state index is 5.97. The van der Waals surface area contributed by atoms with Gasteiger partial charge in [-0.15, -0.1) is 0 Å². The van der Waals surface area contributed by atoms with Crippen LogP contribution in [0.1, 0.15) is 25.8 Å². The molecule has 0 aliphatic carbocycles. The zero-order valence-electron chi connectivity index (χ0n) is 16.6. The van der Waals surface area contributed by atoms with Crippen LogP contribution in [0.25, 0.3) is 0 Å². The Bertz CT molecular complexity index is 750. The average Bonchev–Trinajstić information content (AvgIpc) is 2.73. The number of piperazine rings is 1. The zero-order valence-corrected chi connectivity index (χ0v) is 16.6. The predicted molar refractivity (Wildman–Crippen MR) is 112 cm³/mol. The molecule has 0 N–H and O–H groups in total. The van der Waals surface area contributed by atoms with Gasteiger partial charge >= 0.3 is 0 Å². The van der Waals surface area contributed by atoms with Crippen LogP contribution >= 0.6 is 0 Å². The lowest BCUT2D eigenvalue weighted by Crippen LogP contribution is -2.45. The number of hydrogen-bond acceptors (Lipinski definition) is 4. The number of methoxy groups -OCH3 is 1. The smallest absolute Gasteiger partial charge is 0.162 e. The van der Waals surface area contributed by atoms with E-state index >= 15 is 0 Å². The van der Waals surface area contributed by atoms with Crippen LogP contribution in [-0.4, -0.2) is 38.2 Å². The quantitative estimate of drug-likeness (QED) is 0.708. The van der Waals surface area contributed by atoms with Gasteiger partial charge in [-0.3, -0.25) is 0 Å². The Hall–Kier alpha value is -2.62. The third-order valence-corrected chi connectivity index (χ3v) is 5.03. The second-order valence-corrected chi connectivity index (χ2v) is 6.84. The van der Waals surface area contributed by atoms with Gasteiger partial charge in [0.25, 0.3) is 0 Å². The van der Waals surface area contributed by atoms with Crippen molar-refractivity contribution < 1.29 is 9.47 Å². The van der Waals surface area contributed by atoms with Crippen LogP contribution in [0.5, 0.6) is 11.5 Å². The summed E-state index contributed by atoms with van der Waals surface area (Å²) in [5.41, 5.74) is 3.73. The number of anilines is 1. The summed E-state index contributed by atoms with van der Waals surface area (Å²) in [5, 5.41) is 0. The van der Waals surface area contributed by atoms with E-state index in [2.05, 4.69) is 54.0 Å². The molecule has 4 heteroatoms. The molecule has 1 saturated heterocycles. The van der Waals surface area contributed by atoms with Crippen LogP contribution < -0.4 is 14.4 Å². The van der Waals surface area contributed by atoms with Crippen LogP contribution in [0.2, 0.25) is 0 Å². The standard InChI is InChI=1S/C23H30N2O2/c1-4-8-19(2)24-13-15-25(16-14-24)21-11-12-22(23(17-21)26-3)27-18-20-9-6-5-7-10-20/h5-12,17H,4,13-16,18H2,1-3H3/b19-8+. The normalized spacial score (nSPS) is 15.0. The molecule has 0 aromatic heterocycles. The molecule has 1 fully saturated rings. The van der Waals surface area contributed by atoms with E-state index in [0.717, 1.165) is 49.7 Å². The summed E-state index contributed by atoms with van der Waals surface area (Å²) in [7, 11) is 1.70. The number of benzene rings is 2. The van der Waals surface area contributed by atoms with Gasteiger partial charge < -0.3 is 19.3 Å². The molecule has 3 rings (SSSR count). The summed E-state index contributed by atoms with van der Waals surface area (Å²) in [4.78, 5) is 4.88. The van der Waals surface area contributed by atoms with Crippen LogP contribution in [0.4, 0.5) is 5.69 Å². The first-order chi connectivity index (χ1) is 13.2. The van der Waals surface area contributed by atoms with Gasteiger partial charge in [0.05, 0.1) is 7.11 Å². The number of allylic oxidation sites excluding steroid dienone is 2. The molecule has 2 aromatic rings. The minimum absolute atomic E-state index is 0.540. The van der Waals surface area contributed by atoms with Crippen molar-refractivity contribution in [3.63, 3.8) is 0 Å². The van der Waals surface area contributed by atoms with Gasteiger partial charge in [0.2, 0.25) is 0 Å². The highest BCUT2D eigenvalue weighted by Gasteiger charge is 2.18. The van der Waals surface area contributed by atoms with Gasteiger partial charge in [-0.1, -0.05) is 43.3 Å². The number of ether oxygens (including phenoxy) is 2. The highest BCUT2D eigenvalue weighted by molar-refractivity contribution is 5.56. The molecule has 0 radical (unpaired) electrons. The second-order valence-electron chi connectivity index (χ2n) is 6.84. The van der Waals surface area contributed by atoms with Crippen LogP contribution in [0.15, 0.2) is 60.3 Å². The Labute approximate surface area is 163 Å². The molecule has 144 valence electrons. The van der Waals surface area contributed by atoms with Crippen molar-refractivity contribution in [3.05, 3.63) is 65.9 Å². The fourth-order valence-electron chi connectivity index (χ4n) is 3.45. The summed E-state index contributed by atoms with van der Waals surface area (Å²) < 4.78 is 11.6. The largest absolute Gasteiger partial charge is 0.493 e. The SMILES string of the molecule is CC/C=C(\C)N1CCN(c2ccc(OCc3ccccc3)c(OC)c2)CC1. The fraction of sp³-hybridized carbons (Fsp3) is 0.391. The second kappa shape index (κ2) is 9.36. The number of hydrogen-bond donors (Lipinski definition) is 0. The third kappa shape index (κ3) is 4.97. The first-order valence-electron chi connectivity index (χ1n) is 9.72. The summed E-state index contributed by atoms with van der Waals surface area (Å²) in [6, 6.07) is 16.4. The Kier molecular flexibility index (Phi) is 6.64. The monoisotopic (exact) mass is 366 g/mol. The molecule has 0 bridgehead atoms. The highest BCUT2D eigenvalue weighted by Crippen LogP contribution is 2.33. The van der Waals surface area contributed by atoms with E-state index in [1.54, 1.807) is 7.11 Å². The van der Waals surface area contributed by atoms with E-state index < -0.39 is 0 Å². The van der Waals surface area contributed by atoms with Crippen molar-refractivity contribution in [3.8, 4) is 11.5 Å². The van der Waals surface area contributed by atoms with Crippen molar-refractivity contribution in [2.24, 2.45) is 0 Å². The van der Waals surface area contributed by atoms with Gasteiger partial charge in [-0.05, 0) is 31.0 Å². The van der Waals surface area contributed by atoms with Gasteiger partial charge in [0.1, 0.15) is 6.61 Å². The molecule has 4 nitrogen and oxygen atoms in total. The first-order valence-corrected chi connectivity index (χ1v) is 9.72. The fourth-order valence-corrected chi connectivity index (χ4v) is 3.45. The molecule has 1 heterocycles. The van der Waals surface area contributed by atoms with Gasteiger partial charge in [0.15, 0.2) is 11.5 Å². The van der Waals surface area contributed by atoms with E-state index in [1.807, 2.05) is 24.3 Å². The molecule has 2 aromatic carbocycles. The Morgan fingerprint density at radius 1 is 1.00 bits per heavy atom. The predicted octanol–water partition coefficient (Wildman–Crippen LogP) is 4.71. The lowest BCUT2D eigenvalue weighted by atomic mass is 10.2. The molecule has 27 heavy (non-hydrogen) atoms. The zero-order chi connectivity index (χ0) is 19.1. The van der Waals surface area contributed by atoms with Crippen LogP contribution in [0.3, 0.4) is 0 Å². The minimum atomic E-state index is 0.540. The number of nitrogens with zero attached hydrogens (tertiary/aromatic N) is 2. The molecule has 0 unspecified atom stereocenters. The van der Waals surface area contributed by atoms with Gasteiger partial charge in [0, 0.05) is 43.6 Å². The van der Waals surface area contributed by atoms with Crippen LogP contribution in [-0.2, 0) is 6.61 Å². The van der Waals surface area contributed by atoms with E-state index in [0.29, 0.717) is 6.61 Å².